The zero-order valence-electron chi connectivity index (χ0n) is 23.6. The van der Waals surface area contributed by atoms with Gasteiger partial charge in [-0.1, -0.05) is 134 Å². The molecule has 6 aromatic carbocycles. The Hall–Kier alpha value is -4.69. The van der Waals surface area contributed by atoms with Crippen LogP contribution in [-0.4, -0.2) is 5.84 Å². The number of fused-ring (bicyclic) bond motifs is 2. The minimum Gasteiger partial charge on any atom is -0.363 e. The highest BCUT2D eigenvalue weighted by Crippen LogP contribution is 2.42. The third-order valence-corrected chi connectivity index (χ3v) is 8.66. The first-order chi connectivity index (χ1) is 20.2. The van der Waals surface area contributed by atoms with Crippen LogP contribution >= 0.6 is 0 Å². The van der Waals surface area contributed by atoms with E-state index < -0.39 is 0 Å². The van der Waals surface area contributed by atoms with Gasteiger partial charge in [-0.15, -0.1) is 0 Å². The highest BCUT2D eigenvalue weighted by Gasteiger charge is 2.35. The van der Waals surface area contributed by atoms with Crippen molar-refractivity contribution in [3.8, 4) is 11.1 Å². The van der Waals surface area contributed by atoms with E-state index in [-0.39, 0.29) is 12.1 Å². The molecule has 0 aromatic heterocycles. The Labute approximate surface area is 242 Å². The van der Waals surface area contributed by atoms with Gasteiger partial charge in [-0.3, -0.25) is 4.99 Å². The second-order valence-electron chi connectivity index (χ2n) is 11.3. The lowest BCUT2D eigenvalue weighted by Crippen LogP contribution is -2.41. The van der Waals surface area contributed by atoms with E-state index in [1.807, 2.05) is 0 Å². The summed E-state index contributed by atoms with van der Waals surface area (Å²) < 4.78 is 0. The average Bonchev–Trinajstić information content (AvgIpc) is 3.04. The third kappa shape index (κ3) is 4.91. The molecule has 200 valence electrons. The predicted molar refractivity (Wildman–Crippen MR) is 173 cm³/mol. The average molecular weight is 531 g/mol. The number of amidine groups is 1. The van der Waals surface area contributed by atoms with Crippen molar-refractivity contribution in [2.24, 2.45) is 10.9 Å². The number of nitrogens with one attached hydrogen (secondary N) is 1. The smallest absolute Gasteiger partial charge is 0.129 e. The van der Waals surface area contributed by atoms with Gasteiger partial charge >= 0.3 is 0 Å². The van der Waals surface area contributed by atoms with Gasteiger partial charge in [0.1, 0.15) is 5.84 Å². The van der Waals surface area contributed by atoms with Gasteiger partial charge in [-0.05, 0) is 69.3 Å². The number of aliphatic imine (C=N–C) groups is 1. The SMILES string of the molecule is CCC1C(c2ccc3ccccc3c2)NC(c2ccc(-c3ccc(C)cc3)cc2)=N[C@H]1c1ccc2ccccc2c1. The molecule has 2 heteroatoms. The van der Waals surface area contributed by atoms with Crippen LogP contribution in [0, 0.1) is 12.8 Å². The van der Waals surface area contributed by atoms with Gasteiger partial charge in [0, 0.05) is 11.5 Å². The minimum absolute atomic E-state index is 0.0501. The number of nitrogens with zero attached hydrogens (tertiary/aromatic N) is 1. The van der Waals surface area contributed by atoms with E-state index in [2.05, 4.69) is 153 Å². The second-order valence-corrected chi connectivity index (χ2v) is 11.3. The Morgan fingerprint density at radius 3 is 1.68 bits per heavy atom. The number of benzene rings is 6. The molecule has 6 aromatic rings. The third-order valence-electron chi connectivity index (χ3n) is 8.66. The maximum absolute atomic E-state index is 5.44. The zero-order chi connectivity index (χ0) is 27.8. The van der Waals surface area contributed by atoms with Crippen LogP contribution in [-0.2, 0) is 0 Å². The molecule has 41 heavy (non-hydrogen) atoms. The summed E-state index contributed by atoms with van der Waals surface area (Å²) >= 11 is 0. The molecule has 1 heterocycles. The summed E-state index contributed by atoms with van der Waals surface area (Å²) in [6.07, 6.45) is 1.02. The lowest BCUT2D eigenvalue weighted by atomic mass is 9.79. The summed E-state index contributed by atoms with van der Waals surface area (Å²) in [4.78, 5) is 5.44. The van der Waals surface area contributed by atoms with Crippen molar-refractivity contribution in [3.05, 3.63) is 156 Å². The van der Waals surface area contributed by atoms with E-state index >= 15 is 0 Å². The van der Waals surface area contributed by atoms with E-state index in [0.29, 0.717) is 5.92 Å². The van der Waals surface area contributed by atoms with Gasteiger partial charge in [-0.2, -0.15) is 0 Å². The molecule has 2 nitrogen and oxygen atoms in total. The molecule has 3 atom stereocenters. The van der Waals surface area contributed by atoms with Crippen molar-refractivity contribution < 1.29 is 0 Å². The highest BCUT2D eigenvalue weighted by molar-refractivity contribution is 6.00. The van der Waals surface area contributed by atoms with Crippen molar-refractivity contribution in [2.75, 3.05) is 0 Å². The standard InChI is InChI=1S/C39H34N2/c1-3-36-37(34-22-18-27-8-4-6-10-32(27)24-34)40-39(31-20-16-30(17-21-31)29-14-12-26(2)13-15-29)41-38(36)35-23-19-28-9-5-7-11-33(28)25-35/h4-25,36-38H,3H2,1-2H3,(H,40,41)/t36?,37-,38?/m0/s1. The molecule has 0 bridgehead atoms. The van der Waals surface area contributed by atoms with Crippen LogP contribution in [0.1, 0.15) is 47.7 Å². The summed E-state index contributed by atoms with van der Waals surface area (Å²) in [6, 6.07) is 48.8. The fourth-order valence-electron chi connectivity index (χ4n) is 6.34. The van der Waals surface area contributed by atoms with Crippen LogP contribution in [0.25, 0.3) is 32.7 Å². The van der Waals surface area contributed by atoms with Crippen LogP contribution in [0.5, 0.6) is 0 Å². The monoisotopic (exact) mass is 530 g/mol. The summed E-state index contributed by atoms with van der Waals surface area (Å²) in [5, 5.41) is 8.98. The summed E-state index contributed by atoms with van der Waals surface area (Å²) in [5.41, 5.74) is 7.42. The van der Waals surface area contributed by atoms with E-state index in [0.717, 1.165) is 17.8 Å². The number of hydrogen-bond acceptors (Lipinski definition) is 2. The van der Waals surface area contributed by atoms with Crippen LogP contribution in [0.4, 0.5) is 0 Å². The lowest BCUT2D eigenvalue weighted by molar-refractivity contribution is 0.311. The Balaban J connectivity index is 1.32. The molecule has 2 unspecified atom stereocenters. The van der Waals surface area contributed by atoms with Gasteiger partial charge in [0.15, 0.2) is 0 Å². The second kappa shape index (κ2) is 10.7. The number of hydrogen-bond donors (Lipinski definition) is 1. The van der Waals surface area contributed by atoms with Gasteiger partial charge in [0.2, 0.25) is 0 Å². The predicted octanol–water partition coefficient (Wildman–Crippen LogP) is 9.83. The Morgan fingerprint density at radius 2 is 1.07 bits per heavy atom. The maximum atomic E-state index is 5.44. The molecule has 0 aliphatic carbocycles. The zero-order valence-corrected chi connectivity index (χ0v) is 23.6. The molecule has 1 aliphatic heterocycles. The molecule has 0 saturated carbocycles. The summed E-state index contributed by atoms with van der Waals surface area (Å²) in [5.74, 6) is 1.27. The van der Waals surface area contributed by atoms with Crippen molar-refractivity contribution in [2.45, 2.75) is 32.4 Å². The normalized spacial score (nSPS) is 18.7. The van der Waals surface area contributed by atoms with Gasteiger partial charge in [0.25, 0.3) is 0 Å². The molecule has 0 saturated heterocycles. The Morgan fingerprint density at radius 1 is 0.561 bits per heavy atom. The molecule has 1 aliphatic rings. The van der Waals surface area contributed by atoms with Crippen LogP contribution in [0.3, 0.4) is 0 Å². The van der Waals surface area contributed by atoms with Crippen LogP contribution in [0.15, 0.2) is 138 Å². The first kappa shape index (κ1) is 25.3. The van der Waals surface area contributed by atoms with Gasteiger partial charge in [0.05, 0.1) is 12.1 Å². The summed E-state index contributed by atoms with van der Waals surface area (Å²) in [6.45, 7) is 4.42. The van der Waals surface area contributed by atoms with E-state index in [1.165, 1.54) is 49.4 Å². The van der Waals surface area contributed by atoms with E-state index in [9.17, 15) is 0 Å². The fourth-order valence-corrected chi connectivity index (χ4v) is 6.34. The highest BCUT2D eigenvalue weighted by atomic mass is 15.1. The van der Waals surface area contributed by atoms with Crippen molar-refractivity contribution in [1.29, 1.82) is 0 Å². The van der Waals surface area contributed by atoms with Crippen molar-refractivity contribution in [3.63, 3.8) is 0 Å². The molecule has 0 amide bonds. The first-order valence-corrected chi connectivity index (χ1v) is 14.7. The molecular formula is C39H34N2. The van der Waals surface area contributed by atoms with Gasteiger partial charge < -0.3 is 5.32 Å². The number of rotatable bonds is 5. The lowest BCUT2D eigenvalue weighted by Gasteiger charge is -2.38. The minimum atomic E-state index is 0.0501. The van der Waals surface area contributed by atoms with Crippen molar-refractivity contribution in [1.82, 2.24) is 5.32 Å². The molecule has 0 fully saturated rings. The number of aryl methyl sites for hydroxylation is 1. The Kier molecular flexibility index (Phi) is 6.60. The van der Waals surface area contributed by atoms with Gasteiger partial charge in [-0.25, -0.2) is 0 Å². The molecule has 0 radical (unpaired) electrons. The fraction of sp³-hybridized carbons (Fsp3) is 0.154. The first-order valence-electron chi connectivity index (χ1n) is 14.7. The topological polar surface area (TPSA) is 24.4 Å². The van der Waals surface area contributed by atoms with E-state index in [4.69, 9.17) is 4.99 Å². The molecule has 7 rings (SSSR count). The largest absolute Gasteiger partial charge is 0.363 e. The summed E-state index contributed by atoms with van der Waals surface area (Å²) in [7, 11) is 0. The molecule has 0 spiro atoms. The van der Waals surface area contributed by atoms with Crippen LogP contribution < -0.4 is 5.32 Å². The molecule has 1 N–H and O–H groups in total. The maximum Gasteiger partial charge on any atom is 0.129 e. The molecular weight excluding hydrogens is 496 g/mol. The van der Waals surface area contributed by atoms with E-state index in [1.54, 1.807) is 0 Å². The van der Waals surface area contributed by atoms with Crippen molar-refractivity contribution >= 4 is 27.4 Å². The Bertz CT molecular complexity index is 1870. The van der Waals surface area contributed by atoms with Crippen LogP contribution in [0.2, 0.25) is 0 Å². The quantitative estimate of drug-likeness (QED) is 0.236.